The predicted molar refractivity (Wildman–Crippen MR) is 75.2 cm³/mol. The van der Waals surface area contributed by atoms with Crippen molar-refractivity contribution in [3.8, 4) is 0 Å². The Balaban J connectivity index is 2.01. The molecule has 100 valence electrons. The van der Waals surface area contributed by atoms with Crippen LogP contribution in [0.25, 0.3) is 0 Å². The second-order valence-corrected chi connectivity index (χ2v) is 5.49. The Morgan fingerprint density at radius 2 is 1.79 bits per heavy atom. The number of benzene rings is 2. The molecule has 19 heavy (non-hydrogen) atoms. The standard InChI is InChI=1S/C15H15F2NS/c1-10-2-5-12(6-3-10)19-9-15(18)13-7-4-11(16)8-14(13)17/h2-8,15H,9,18H2,1H3. The Bertz CT molecular complexity index is 555. The Labute approximate surface area is 115 Å². The first-order valence-electron chi connectivity index (χ1n) is 5.96. The molecule has 0 aliphatic rings. The number of rotatable bonds is 4. The third-order valence-corrected chi connectivity index (χ3v) is 3.94. The molecular formula is C15H15F2NS. The third kappa shape index (κ3) is 3.78. The molecular weight excluding hydrogens is 264 g/mol. The molecule has 2 aromatic rings. The summed E-state index contributed by atoms with van der Waals surface area (Å²) in [7, 11) is 0. The Morgan fingerprint density at radius 3 is 2.42 bits per heavy atom. The van der Waals surface area contributed by atoms with Crippen LogP contribution < -0.4 is 5.73 Å². The average molecular weight is 279 g/mol. The molecule has 0 fully saturated rings. The Kier molecular flexibility index (Phi) is 4.56. The van der Waals surface area contributed by atoms with E-state index in [2.05, 4.69) is 0 Å². The molecule has 2 N–H and O–H groups in total. The van der Waals surface area contributed by atoms with Gasteiger partial charge in [-0.2, -0.15) is 0 Å². The molecule has 0 aliphatic heterocycles. The van der Waals surface area contributed by atoms with Gasteiger partial charge < -0.3 is 5.73 Å². The minimum absolute atomic E-state index is 0.348. The zero-order valence-electron chi connectivity index (χ0n) is 10.6. The van der Waals surface area contributed by atoms with E-state index in [-0.39, 0.29) is 0 Å². The summed E-state index contributed by atoms with van der Waals surface area (Å²) in [6.45, 7) is 2.02. The fourth-order valence-electron chi connectivity index (χ4n) is 1.71. The second kappa shape index (κ2) is 6.17. The highest BCUT2D eigenvalue weighted by Crippen LogP contribution is 2.25. The summed E-state index contributed by atoms with van der Waals surface area (Å²) in [6.07, 6.45) is 0. The van der Waals surface area contributed by atoms with Gasteiger partial charge in [-0.3, -0.25) is 0 Å². The molecule has 1 unspecified atom stereocenters. The quantitative estimate of drug-likeness (QED) is 0.854. The van der Waals surface area contributed by atoms with Crippen molar-refractivity contribution in [3.05, 3.63) is 65.2 Å². The molecule has 2 rings (SSSR count). The molecule has 4 heteroatoms. The van der Waals surface area contributed by atoms with E-state index in [1.807, 2.05) is 31.2 Å². The van der Waals surface area contributed by atoms with Gasteiger partial charge in [-0.15, -0.1) is 11.8 Å². The zero-order chi connectivity index (χ0) is 13.8. The summed E-state index contributed by atoms with van der Waals surface area (Å²) in [6, 6.07) is 11.1. The number of halogens is 2. The number of hydrogen-bond donors (Lipinski definition) is 1. The van der Waals surface area contributed by atoms with E-state index in [0.29, 0.717) is 11.3 Å². The summed E-state index contributed by atoms with van der Waals surface area (Å²) in [5.41, 5.74) is 7.48. The van der Waals surface area contributed by atoms with Crippen LogP contribution in [0, 0.1) is 18.6 Å². The van der Waals surface area contributed by atoms with Crippen LogP contribution in [0.15, 0.2) is 47.4 Å². The van der Waals surface area contributed by atoms with Crippen molar-refractivity contribution in [1.82, 2.24) is 0 Å². The fraction of sp³-hybridized carbons (Fsp3) is 0.200. The van der Waals surface area contributed by atoms with E-state index in [0.717, 1.165) is 11.0 Å². The van der Waals surface area contributed by atoms with Gasteiger partial charge in [-0.1, -0.05) is 23.8 Å². The lowest BCUT2D eigenvalue weighted by atomic mass is 10.1. The van der Waals surface area contributed by atoms with E-state index < -0.39 is 17.7 Å². The maximum atomic E-state index is 13.6. The zero-order valence-corrected chi connectivity index (χ0v) is 11.4. The number of hydrogen-bond acceptors (Lipinski definition) is 2. The number of thioether (sulfide) groups is 1. The molecule has 0 aromatic heterocycles. The van der Waals surface area contributed by atoms with Gasteiger partial charge >= 0.3 is 0 Å². The van der Waals surface area contributed by atoms with E-state index in [1.54, 1.807) is 11.8 Å². The summed E-state index contributed by atoms with van der Waals surface area (Å²) in [4.78, 5) is 1.09. The van der Waals surface area contributed by atoms with Crippen molar-refractivity contribution >= 4 is 11.8 Å². The molecule has 0 saturated heterocycles. The highest BCUT2D eigenvalue weighted by atomic mass is 32.2. The third-order valence-electron chi connectivity index (χ3n) is 2.81. The molecule has 2 aromatic carbocycles. The first kappa shape index (κ1) is 14.0. The van der Waals surface area contributed by atoms with Gasteiger partial charge in [-0.05, 0) is 25.1 Å². The Hall–Kier alpha value is -1.39. The van der Waals surface area contributed by atoms with E-state index in [4.69, 9.17) is 5.73 Å². The predicted octanol–water partition coefficient (Wildman–Crippen LogP) is 4.07. The Morgan fingerprint density at radius 1 is 1.11 bits per heavy atom. The number of aryl methyl sites for hydroxylation is 1. The van der Waals surface area contributed by atoms with Crippen molar-refractivity contribution in [1.29, 1.82) is 0 Å². The van der Waals surface area contributed by atoms with Crippen LogP contribution in [0.5, 0.6) is 0 Å². The first-order valence-corrected chi connectivity index (χ1v) is 6.95. The van der Waals surface area contributed by atoms with Gasteiger partial charge in [0, 0.05) is 28.3 Å². The SMILES string of the molecule is Cc1ccc(SCC(N)c2ccc(F)cc2F)cc1. The van der Waals surface area contributed by atoms with E-state index in [1.165, 1.54) is 17.7 Å². The van der Waals surface area contributed by atoms with Gasteiger partial charge in [-0.25, -0.2) is 8.78 Å². The molecule has 0 radical (unpaired) electrons. The lowest BCUT2D eigenvalue weighted by Gasteiger charge is -2.12. The van der Waals surface area contributed by atoms with Crippen LogP contribution in [-0.2, 0) is 0 Å². The highest BCUT2D eigenvalue weighted by molar-refractivity contribution is 7.99. The van der Waals surface area contributed by atoms with Crippen molar-refractivity contribution in [3.63, 3.8) is 0 Å². The molecule has 1 atom stereocenters. The van der Waals surface area contributed by atoms with Crippen LogP contribution in [-0.4, -0.2) is 5.75 Å². The van der Waals surface area contributed by atoms with Crippen molar-refractivity contribution in [2.75, 3.05) is 5.75 Å². The average Bonchev–Trinajstić information content (AvgIpc) is 2.37. The molecule has 0 aliphatic carbocycles. The molecule has 0 spiro atoms. The molecule has 0 heterocycles. The largest absolute Gasteiger partial charge is 0.323 e. The van der Waals surface area contributed by atoms with Crippen LogP contribution in [0.1, 0.15) is 17.2 Å². The first-order chi connectivity index (χ1) is 9.06. The van der Waals surface area contributed by atoms with Crippen molar-refractivity contribution < 1.29 is 8.78 Å². The summed E-state index contributed by atoms with van der Waals surface area (Å²) < 4.78 is 26.4. The van der Waals surface area contributed by atoms with Gasteiger partial charge in [0.1, 0.15) is 11.6 Å². The molecule has 0 saturated carbocycles. The topological polar surface area (TPSA) is 26.0 Å². The summed E-state index contributed by atoms with van der Waals surface area (Å²) >= 11 is 1.56. The molecule has 1 nitrogen and oxygen atoms in total. The minimum atomic E-state index is -0.586. The van der Waals surface area contributed by atoms with Crippen LogP contribution >= 0.6 is 11.8 Å². The minimum Gasteiger partial charge on any atom is -0.323 e. The van der Waals surface area contributed by atoms with Crippen LogP contribution in [0.4, 0.5) is 8.78 Å². The lowest BCUT2D eigenvalue weighted by molar-refractivity contribution is 0.563. The maximum Gasteiger partial charge on any atom is 0.130 e. The second-order valence-electron chi connectivity index (χ2n) is 4.40. The molecule has 0 bridgehead atoms. The highest BCUT2D eigenvalue weighted by Gasteiger charge is 2.12. The van der Waals surface area contributed by atoms with E-state index in [9.17, 15) is 8.78 Å². The van der Waals surface area contributed by atoms with Crippen molar-refractivity contribution in [2.24, 2.45) is 5.73 Å². The smallest absolute Gasteiger partial charge is 0.130 e. The maximum absolute atomic E-state index is 13.6. The summed E-state index contributed by atoms with van der Waals surface area (Å²) in [5.74, 6) is -0.623. The number of nitrogens with two attached hydrogens (primary N) is 1. The van der Waals surface area contributed by atoms with Crippen LogP contribution in [0.2, 0.25) is 0 Å². The normalized spacial score (nSPS) is 12.4. The monoisotopic (exact) mass is 279 g/mol. The lowest BCUT2D eigenvalue weighted by Crippen LogP contribution is -2.14. The van der Waals surface area contributed by atoms with Gasteiger partial charge in [0.25, 0.3) is 0 Å². The van der Waals surface area contributed by atoms with E-state index >= 15 is 0 Å². The molecule has 0 amide bonds. The van der Waals surface area contributed by atoms with Gasteiger partial charge in [0.2, 0.25) is 0 Å². The van der Waals surface area contributed by atoms with Gasteiger partial charge in [0.15, 0.2) is 0 Å². The van der Waals surface area contributed by atoms with Crippen LogP contribution in [0.3, 0.4) is 0 Å². The van der Waals surface area contributed by atoms with Crippen molar-refractivity contribution in [2.45, 2.75) is 17.9 Å². The summed E-state index contributed by atoms with van der Waals surface area (Å²) in [5, 5.41) is 0. The van der Waals surface area contributed by atoms with Gasteiger partial charge in [0.05, 0.1) is 0 Å². The fourth-order valence-corrected chi connectivity index (χ4v) is 2.59.